The molecular weight excluding hydrogens is 142 g/mol. The zero-order valence-corrected chi connectivity index (χ0v) is 6.08. The number of hydrogen-bond acceptors (Lipinski definition) is 3. The highest BCUT2D eigenvalue weighted by atomic mass is 16.3. The van der Waals surface area contributed by atoms with Crippen molar-refractivity contribution in [3.8, 4) is 0 Å². The summed E-state index contributed by atoms with van der Waals surface area (Å²) in [4.78, 5) is 10.2. The van der Waals surface area contributed by atoms with Crippen LogP contribution in [0.1, 0.15) is 30.9 Å². The lowest BCUT2D eigenvalue weighted by atomic mass is 9.82. The quantitative estimate of drug-likeness (QED) is 0.658. The highest BCUT2D eigenvalue weighted by Gasteiger charge is 2.24. The largest absolute Gasteiger partial charge is 0.280 e. The summed E-state index contributed by atoms with van der Waals surface area (Å²) in [6.07, 6.45) is 5.05. The Balaban J connectivity index is 2.27. The number of rotatable bonds is 2. The van der Waals surface area contributed by atoms with E-state index in [2.05, 4.69) is 15.4 Å². The Hall–Kier alpha value is -1.19. The average molecular weight is 151 g/mol. The molecule has 0 spiro atoms. The SMILES string of the molecule is O=Nc1cn[nH]c1C1CCC1. The summed E-state index contributed by atoms with van der Waals surface area (Å²) in [7, 11) is 0. The van der Waals surface area contributed by atoms with E-state index < -0.39 is 0 Å². The zero-order chi connectivity index (χ0) is 7.68. The van der Waals surface area contributed by atoms with E-state index in [1.54, 1.807) is 0 Å². The van der Waals surface area contributed by atoms with Crippen molar-refractivity contribution < 1.29 is 0 Å². The van der Waals surface area contributed by atoms with Crippen molar-refractivity contribution in [3.63, 3.8) is 0 Å². The van der Waals surface area contributed by atoms with Crippen LogP contribution in [0.3, 0.4) is 0 Å². The lowest BCUT2D eigenvalue weighted by molar-refractivity contribution is 0.411. The molecule has 0 aliphatic heterocycles. The molecule has 0 saturated heterocycles. The lowest BCUT2D eigenvalue weighted by Crippen LogP contribution is -2.09. The molecule has 1 aromatic rings. The lowest BCUT2D eigenvalue weighted by Gasteiger charge is -2.23. The van der Waals surface area contributed by atoms with Crippen molar-refractivity contribution >= 4 is 5.69 Å². The number of nitrogens with one attached hydrogen (secondary N) is 1. The van der Waals surface area contributed by atoms with Crippen LogP contribution in [0, 0.1) is 4.91 Å². The van der Waals surface area contributed by atoms with Gasteiger partial charge in [-0.1, -0.05) is 6.42 Å². The summed E-state index contributed by atoms with van der Waals surface area (Å²) in [5.74, 6) is 0.505. The van der Waals surface area contributed by atoms with E-state index in [9.17, 15) is 4.91 Å². The van der Waals surface area contributed by atoms with Crippen molar-refractivity contribution in [3.05, 3.63) is 16.8 Å². The predicted molar refractivity (Wildman–Crippen MR) is 40.6 cm³/mol. The minimum Gasteiger partial charge on any atom is -0.280 e. The number of aromatic nitrogens is 2. The Bertz CT molecular complexity index is 264. The van der Waals surface area contributed by atoms with Crippen LogP contribution in [0.5, 0.6) is 0 Å². The summed E-state index contributed by atoms with van der Waals surface area (Å²) in [5, 5.41) is 9.48. The van der Waals surface area contributed by atoms with E-state index in [4.69, 9.17) is 0 Å². The second-order valence-corrected chi connectivity index (χ2v) is 2.89. The molecule has 1 heterocycles. The maximum Gasteiger partial charge on any atom is 0.149 e. The van der Waals surface area contributed by atoms with Gasteiger partial charge in [-0.3, -0.25) is 5.10 Å². The molecule has 1 saturated carbocycles. The van der Waals surface area contributed by atoms with E-state index in [1.807, 2.05) is 0 Å². The van der Waals surface area contributed by atoms with Gasteiger partial charge in [-0.05, 0) is 18.0 Å². The van der Waals surface area contributed by atoms with Crippen molar-refractivity contribution in [1.82, 2.24) is 10.2 Å². The number of aromatic amines is 1. The van der Waals surface area contributed by atoms with Crippen LogP contribution in [-0.2, 0) is 0 Å². The van der Waals surface area contributed by atoms with Gasteiger partial charge in [0, 0.05) is 5.92 Å². The highest BCUT2D eigenvalue weighted by molar-refractivity contribution is 5.41. The summed E-state index contributed by atoms with van der Waals surface area (Å²) in [5.41, 5.74) is 1.40. The first-order chi connectivity index (χ1) is 5.42. The van der Waals surface area contributed by atoms with Gasteiger partial charge in [-0.2, -0.15) is 5.10 Å². The molecular formula is C7H9N3O. The number of nitrogens with zero attached hydrogens (tertiary/aromatic N) is 2. The van der Waals surface area contributed by atoms with E-state index in [1.165, 1.54) is 12.6 Å². The second-order valence-electron chi connectivity index (χ2n) is 2.89. The molecule has 1 aromatic heterocycles. The Morgan fingerprint density at radius 1 is 1.64 bits per heavy atom. The normalized spacial score (nSPS) is 17.8. The van der Waals surface area contributed by atoms with Crippen molar-refractivity contribution in [1.29, 1.82) is 0 Å². The van der Waals surface area contributed by atoms with Gasteiger partial charge in [-0.15, -0.1) is 4.91 Å². The fourth-order valence-corrected chi connectivity index (χ4v) is 1.36. The molecule has 0 unspecified atom stereocenters. The van der Waals surface area contributed by atoms with Gasteiger partial charge in [0.15, 0.2) is 0 Å². The van der Waals surface area contributed by atoms with E-state index in [0.717, 1.165) is 18.5 Å². The van der Waals surface area contributed by atoms with Crippen LogP contribution in [-0.4, -0.2) is 10.2 Å². The standard InChI is InChI=1S/C7H9N3O/c11-10-6-4-8-9-7(6)5-2-1-3-5/h4-5H,1-3H2,(H,8,9). The van der Waals surface area contributed by atoms with Gasteiger partial charge < -0.3 is 0 Å². The van der Waals surface area contributed by atoms with E-state index in [0.29, 0.717) is 11.6 Å². The molecule has 1 fully saturated rings. The minimum atomic E-state index is 0.481. The van der Waals surface area contributed by atoms with Crippen molar-refractivity contribution in [2.45, 2.75) is 25.2 Å². The third-order valence-electron chi connectivity index (χ3n) is 2.26. The van der Waals surface area contributed by atoms with E-state index in [-0.39, 0.29) is 0 Å². The molecule has 1 aliphatic rings. The van der Waals surface area contributed by atoms with Crippen molar-refractivity contribution in [2.24, 2.45) is 5.18 Å². The summed E-state index contributed by atoms with van der Waals surface area (Å²) in [6.45, 7) is 0. The average Bonchev–Trinajstić information content (AvgIpc) is 2.32. The molecule has 58 valence electrons. The van der Waals surface area contributed by atoms with Crippen LogP contribution in [0.25, 0.3) is 0 Å². The molecule has 0 atom stereocenters. The van der Waals surface area contributed by atoms with Crippen LogP contribution < -0.4 is 0 Å². The van der Waals surface area contributed by atoms with Gasteiger partial charge in [0.2, 0.25) is 0 Å². The van der Waals surface area contributed by atoms with Gasteiger partial charge in [0.1, 0.15) is 5.69 Å². The third kappa shape index (κ3) is 0.943. The van der Waals surface area contributed by atoms with Gasteiger partial charge in [0.25, 0.3) is 0 Å². The van der Waals surface area contributed by atoms with E-state index >= 15 is 0 Å². The molecule has 0 radical (unpaired) electrons. The summed E-state index contributed by atoms with van der Waals surface area (Å²) in [6, 6.07) is 0. The Morgan fingerprint density at radius 2 is 2.45 bits per heavy atom. The Kier molecular flexibility index (Phi) is 1.45. The minimum absolute atomic E-state index is 0.481. The summed E-state index contributed by atoms with van der Waals surface area (Å²) < 4.78 is 0. The molecule has 1 aliphatic carbocycles. The first-order valence-corrected chi connectivity index (χ1v) is 3.78. The molecule has 0 amide bonds. The monoisotopic (exact) mass is 151 g/mol. The fraction of sp³-hybridized carbons (Fsp3) is 0.571. The topological polar surface area (TPSA) is 58.1 Å². The van der Waals surface area contributed by atoms with Crippen molar-refractivity contribution in [2.75, 3.05) is 0 Å². The molecule has 4 heteroatoms. The van der Waals surface area contributed by atoms with Gasteiger partial charge in [0.05, 0.1) is 11.9 Å². The molecule has 11 heavy (non-hydrogen) atoms. The van der Waals surface area contributed by atoms with Gasteiger partial charge in [-0.25, -0.2) is 0 Å². The Morgan fingerprint density at radius 3 is 3.00 bits per heavy atom. The molecule has 1 N–H and O–H groups in total. The maximum absolute atomic E-state index is 10.2. The molecule has 4 nitrogen and oxygen atoms in total. The smallest absolute Gasteiger partial charge is 0.149 e. The Labute approximate surface area is 64.0 Å². The number of hydrogen-bond donors (Lipinski definition) is 1. The molecule has 0 aromatic carbocycles. The maximum atomic E-state index is 10.2. The molecule has 0 bridgehead atoms. The van der Waals surface area contributed by atoms with Crippen LogP contribution in [0.15, 0.2) is 11.4 Å². The van der Waals surface area contributed by atoms with Crippen LogP contribution in [0.2, 0.25) is 0 Å². The number of nitroso groups, excluding NO2 is 1. The third-order valence-corrected chi connectivity index (χ3v) is 2.26. The van der Waals surface area contributed by atoms with Crippen LogP contribution >= 0.6 is 0 Å². The second kappa shape index (κ2) is 2.45. The molecule has 2 rings (SSSR count). The summed E-state index contributed by atoms with van der Waals surface area (Å²) >= 11 is 0. The zero-order valence-electron chi connectivity index (χ0n) is 6.08. The van der Waals surface area contributed by atoms with Crippen LogP contribution in [0.4, 0.5) is 5.69 Å². The predicted octanol–water partition coefficient (Wildman–Crippen LogP) is 2.08. The number of H-pyrrole nitrogens is 1. The first-order valence-electron chi connectivity index (χ1n) is 3.78. The van der Waals surface area contributed by atoms with Gasteiger partial charge >= 0.3 is 0 Å². The fourth-order valence-electron chi connectivity index (χ4n) is 1.36. The first kappa shape index (κ1) is 6.52. The highest BCUT2D eigenvalue weighted by Crippen LogP contribution is 2.39.